The third kappa shape index (κ3) is 4.87. The lowest BCUT2D eigenvalue weighted by atomic mass is 10.2. The number of hydrogen-bond donors (Lipinski definition) is 1. The van der Waals surface area contributed by atoms with Crippen LogP contribution in [0.4, 0.5) is 0 Å². The summed E-state index contributed by atoms with van der Waals surface area (Å²) in [5.41, 5.74) is 0. The molecule has 0 saturated carbocycles. The van der Waals surface area contributed by atoms with E-state index < -0.39 is 12.0 Å². The lowest BCUT2D eigenvalue weighted by Crippen LogP contribution is -2.40. The van der Waals surface area contributed by atoms with Crippen LogP contribution in [0.1, 0.15) is 32.6 Å². The molecule has 1 fully saturated rings. The van der Waals surface area contributed by atoms with Crippen LogP contribution < -0.4 is 9.47 Å². The number of nitrogens with zero attached hydrogens (tertiary/aromatic N) is 1. The molecule has 1 aliphatic rings. The maximum atomic E-state index is 12.1. The molecule has 126 valence electrons. The maximum absolute atomic E-state index is 12.1. The smallest absolute Gasteiger partial charge is 0.326 e. The first-order chi connectivity index (χ1) is 11.1. The van der Waals surface area contributed by atoms with Gasteiger partial charge in [-0.1, -0.05) is 0 Å². The Morgan fingerprint density at radius 1 is 1.22 bits per heavy atom. The van der Waals surface area contributed by atoms with Crippen LogP contribution >= 0.6 is 0 Å². The molecule has 0 bridgehead atoms. The predicted octanol–water partition coefficient (Wildman–Crippen LogP) is 2.32. The van der Waals surface area contributed by atoms with Gasteiger partial charge in [-0.15, -0.1) is 0 Å². The molecule has 1 unspecified atom stereocenters. The van der Waals surface area contributed by atoms with Crippen LogP contribution in [0, 0.1) is 0 Å². The highest BCUT2D eigenvalue weighted by Crippen LogP contribution is 2.20. The minimum atomic E-state index is -0.915. The summed E-state index contributed by atoms with van der Waals surface area (Å²) >= 11 is 0. The van der Waals surface area contributed by atoms with Gasteiger partial charge in [-0.3, -0.25) is 4.79 Å². The van der Waals surface area contributed by atoms with Crippen LogP contribution in [-0.2, 0) is 9.59 Å². The summed E-state index contributed by atoms with van der Waals surface area (Å²) in [6.45, 7) is 3.51. The predicted molar refractivity (Wildman–Crippen MR) is 84.7 cm³/mol. The highest BCUT2D eigenvalue weighted by molar-refractivity contribution is 5.84. The van der Waals surface area contributed by atoms with E-state index in [4.69, 9.17) is 14.6 Å². The first-order valence-electron chi connectivity index (χ1n) is 7.99. The molecule has 2 rings (SSSR count). The number of ether oxygens (including phenoxy) is 2. The van der Waals surface area contributed by atoms with Crippen molar-refractivity contribution in [1.82, 2.24) is 4.90 Å². The van der Waals surface area contributed by atoms with E-state index in [-0.39, 0.29) is 5.91 Å². The standard InChI is InChI=1S/C17H23NO5/c1-2-22-13-7-9-14(10-8-13)23-12-4-6-16(19)18-11-3-5-15(18)17(20)21/h7-10,15H,2-6,11-12H2,1H3,(H,20,21). The summed E-state index contributed by atoms with van der Waals surface area (Å²) in [6.07, 6.45) is 2.17. The maximum Gasteiger partial charge on any atom is 0.326 e. The molecule has 1 aliphatic heterocycles. The van der Waals surface area contributed by atoms with Gasteiger partial charge in [0.2, 0.25) is 5.91 Å². The number of carboxylic acids is 1. The monoisotopic (exact) mass is 321 g/mol. The molecule has 1 saturated heterocycles. The zero-order valence-electron chi connectivity index (χ0n) is 13.4. The van der Waals surface area contributed by atoms with E-state index in [1.165, 1.54) is 4.90 Å². The second-order valence-corrected chi connectivity index (χ2v) is 5.44. The molecular formula is C17H23NO5. The molecule has 6 heteroatoms. The Morgan fingerprint density at radius 2 is 1.87 bits per heavy atom. The zero-order chi connectivity index (χ0) is 16.7. The van der Waals surface area contributed by atoms with Crippen molar-refractivity contribution >= 4 is 11.9 Å². The molecule has 6 nitrogen and oxygen atoms in total. The summed E-state index contributed by atoms with van der Waals surface area (Å²) in [7, 11) is 0. The van der Waals surface area contributed by atoms with Crippen molar-refractivity contribution in [3.8, 4) is 11.5 Å². The number of carbonyl (C=O) groups excluding carboxylic acids is 1. The van der Waals surface area contributed by atoms with Gasteiger partial charge in [0.25, 0.3) is 0 Å². The second-order valence-electron chi connectivity index (χ2n) is 5.44. The summed E-state index contributed by atoms with van der Waals surface area (Å²) in [5, 5.41) is 9.08. The van der Waals surface area contributed by atoms with Gasteiger partial charge in [0.1, 0.15) is 17.5 Å². The average molecular weight is 321 g/mol. The average Bonchev–Trinajstić information content (AvgIpc) is 3.03. The van der Waals surface area contributed by atoms with Crippen molar-refractivity contribution in [2.24, 2.45) is 0 Å². The van der Waals surface area contributed by atoms with Gasteiger partial charge in [-0.05, 0) is 50.5 Å². The van der Waals surface area contributed by atoms with Gasteiger partial charge < -0.3 is 19.5 Å². The van der Waals surface area contributed by atoms with Gasteiger partial charge >= 0.3 is 5.97 Å². The van der Waals surface area contributed by atoms with Crippen molar-refractivity contribution in [3.63, 3.8) is 0 Å². The first kappa shape index (κ1) is 17.1. The van der Waals surface area contributed by atoms with E-state index >= 15 is 0 Å². The largest absolute Gasteiger partial charge is 0.494 e. The molecule has 1 aromatic carbocycles. The quantitative estimate of drug-likeness (QED) is 0.744. The molecule has 1 atom stereocenters. The number of aliphatic carboxylic acids is 1. The molecule has 0 aromatic heterocycles. The number of carboxylic acid groups (broad SMARTS) is 1. The molecule has 1 amide bonds. The highest BCUT2D eigenvalue weighted by Gasteiger charge is 2.33. The fraction of sp³-hybridized carbons (Fsp3) is 0.529. The van der Waals surface area contributed by atoms with Crippen molar-refractivity contribution < 1.29 is 24.2 Å². The Labute approximate surface area is 136 Å². The Bertz CT molecular complexity index is 528. The van der Waals surface area contributed by atoms with E-state index in [1.807, 2.05) is 31.2 Å². The summed E-state index contributed by atoms with van der Waals surface area (Å²) < 4.78 is 10.9. The number of benzene rings is 1. The van der Waals surface area contributed by atoms with Gasteiger partial charge in [0.15, 0.2) is 0 Å². The lowest BCUT2D eigenvalue weighted by molar-refractivity contribution is -0.148. The van der Waals surface area contributed by atoms with E-state index in [2.05, 4.69) is 0 Å². The van der Waals surface area contributed by atoms with Crippen LogP contribution in [0.25, 0.3) is 0 Å². The molecule has 1 aromatic rings. The Balaban J connectivity index is 1.70. The van der Waals surface area contributed by atoms with Crippen molar-refractivity contribution in [2.75, 3.05) is 19.8 Å². The SMILES string of the molecule is CCOc1ccc(OCCCC(=O)N2CCCC2C(=O)O)cc1. The van der Waals surface area contributed by atoms with Crippen LogP contribution in [0.15, 0.2) is 24.3 Å². The molecule has 0 aliphatic carbocycles. The summed E-state index contributed by atoms with van der Waals surface area (Å²) in [4.78, 5) is 24.6. The molecule has 0 radical (unpaired) electrons. The number of amides is 1. The van der Waals surface area contributed by atoms with Gasteiger partial charge in [0.05, 0.1) is 13.2 Å². The summed E-state index contributed by atoms with van der Waals surface area (Å²) in [6, 6.07) is 6.67. The van der Waals surface area contributed by atoms with Gasteiger partial charge in [0, 0.05) is 13.0 Å². The minimum absolute atomic E-state index is 0.106. The van der Waals surface area contributed by atoms with Crippen LogP contribution in [0.2, 0.25) is 0 Å². The topological polar surface area (TPSA) is 76.1 Å². The highest BCUT2D eigenvalue weighted by atomic mass is 16.5. The third-order valence-corrected chi connectivity index (χ3v) is 3.80. The van der Waals surface area contributed by atoms with Crippen molar-refractivity contribution in [3.05, 3.63) is 24.3 Å². The van der Waals surface area contributed by atoms with E-state index in [0.717, 1.165) is 17.9 Å². The van der Waals surface area contributed by atoms with Crippen molar-refractivity contribution in [1.29, 1.82) is 0 Å². The Morgan fingerprint density at radius 3 is 2.48 bits per heavy atom. The number of likely N-dealkylation sites (tertiary alicyclic amines) is 1. The lowest BCUT2D eigenvalue weighted by Gasteiger charge is -2.21. The Hall–Kier alpha value is -2.24. The van der Waals surface area contributed by atoms with Crippen molar-refractivity contribution in [2.45, 2.75) is 38.6 Å². The van der Waals surface area contributed by atoms with E-state index in [9.17, 15) is 9.59 Å². The number of rotatable bonds is 8. The van der Waals surface area contributed by atoms with E-state index in [0.29, 0.717) is 39.0 Å². The summed E-state index contributed by atoms with van der Waals surface area (Å²) in [5.74, 6) is 0.501. The van der Waals surface area contributed by atoms with Crippen LogP contribution in [0.3, 0.4) is 0 Å². The molecule has 1 heterocycles. The third-order valence-electron chi connectivity index (χ3n) is 3.80. The normalized spacial score (nSPS) is 17.1. The zero-order valence-corrected chi connectivity index (χ0v) is 13.4. The molecule has 1 N–H and O–H groups in total. The van der Waals surface area contributed by atoms with Gasteiger partial charge in [-0.2, -0.15) is 0 Å². The first-order valence-corrected chi connectivity index (χ1v) is 7.99. The fourth-order valence-corrected chi connectivity index (χ4v) is 2.68. The molecular weight excluding hydrogens is 298 g/mol. The second kappa shape index (κ2) is 8.41. The minimum Gasteiger partial charge on any atom is -0.494 e. The van der Waals surface area contributed by atoms with Crippen LogP contribution in [-0.4, -0.2) is 47.7 Å². The fourth-order valence-electron chi connectivity index (χ4n) is 2.68. The van der Waals surface area contributed by atoms with Gasteiger partial charge in [-0.25, -0.2) is 4.79 Å². The number of hydrogen-bond acceptors (Lipinski definition) is 4. The number of carbonyl (C=O) groups is 2. The van der Waals surface area contributed by atoms with E-state index in [1.54, 1.807) is 0 Å². The molecule has 0 spiro atoms. The molecule has 23 heavy (non-hydrogen) atoms. The Kier molecular flexibility index (Phi) is 6.26. The van der Waals surface area contributed by atoms with Crippen LogP contribution in [0.5, 0.6) is 11.5 Å².